The smallest absolute Gasteiger partial charge is 0.303 e. The molecule has 2 aliphatic heterocycles. The maximum atomic E-state index is 12.4. The summed E-state index contributed by atoms with van der Waals surface area (Å²) in [7, 11) is 0. The second-order valence-corrected chi connectivity index (χ2v) is 7.82. The van der Waals surface area contributed by atoms with E-state index in [-0.39, 0.29) is 37.2 Å². The monoisotopic (exact) mass is 388 g/mol. The number of anilines is 1. The molecule has 28 heavy (non-hydrogen) atoms. The maximum absolute atomic E-state index is 12.4. The molecule has 1 atom stereocenters. The number of carboxylic acid groups (broad SMARTS) is 1. The van der Waals surface area contributed by atoms with Gasteiger partial charge in [-0.3, -0.25) is 14.4 Å². The van der Waals surface area contributed by atoms with Gasteiger partial charge >= 0.3 is 5.97 Å². The molecule has 1 aromatic rings. The molecule has 2 fully saturated rings. The van der Waals surface area contributed by atoms with Crippen LogP contribution in [-0.2, 0) is 19.1 Å². The van der Waals surface area contributed by atoms with Gasteiger partial charge in [0.25, 0.3) is 5.91 Å². The molecule has 0 aromatic heterocycles. The molecule has 0 unspecified atom stereocenters. The van der Waals surface area contributed by atoms with Gasteiger partial charge in [0.2, 0.25) is 5.91 Å². The average molecular weight is 388 g/mol. The Kier molecular flexibility index (Phi) is 6.34. The van der Waals surface area contributed by atoms with E-state index in [1.54, 1.807) is 4.90 Å². The van der Waals surface area contributed by atoms with E-state index in [0.717, 1.165) is 18.5 Å². The lowest BCUT2D eigenvalue weighted by molar-refractivity contribution is -0.148. The third-order valence-corrected chi connectivity index (χ3v) is 5.86. The quantitative estimate of drug-likeness (QED) is 0.808. The van der Waals surface area contributed by atoms with Gasteiger partial charge in [-0.2, -0.15) is 0 Å². The molecule has 2 saturated heterocycles. The third kappa shape index (κ3) is 4.70. The fourth-order valence-electron chi connectivity index (χ4n) is 4.13. The first-order chi connectivity index (χ1) is 13.4. The summed E-state index contributed by atoms with van der Waals surface area (Å²) in [4.78, 5) is 38.9. The predicted molar refractivity (Wildman–Crippen MR) is 104 cm³/mol. The number of carboxylic acids is 1. The van der Waals surface area contributed by atoms with E-state index in [1.165, 1.54) is 0 Å². The molecule has 0 spiro atoms. The highest BCUT2D eigenvalue weighted by atomic mass is 16.5. The first-order valence-electron chi connectivity index (χ1n) is 9.88. The summed E-state index contributed by atoms with van der Waals surface area (Å²) in [6.07, 6.45) is 2.32. The second-order valence-electron chi connectivity index (χ2n) is 7.82. The van der Waals surface area contributed by atoms with Gasteiger partial charge in [0, 0.05) is 31.6 Å². The fraction of sp³-hybridized carbons (Fsp3) is 0.571. The molecule has 152 valence electrons. The Morgan fingerprint density at radius 1 is 1.18 bits per heavy atom. The van der Waals surface area contributed by atoms with Crippen LogP contribution in [0.15, 0.2) is 30.3 Å². The Hall–Kier alpha value is -2.41. The number of likely N-dealkylation sites (tertiary alicyclic amines) is 1. The van der Waals surface area contributed by atoms with Crippen molar-refractivity contribution in [1.29, 1.82) is 0 Å². The minimum atomic E-state index is -0.869. The summed E-state index contributed by atoms with van der Waals surface area (Å²) in [5.74, 6) is -0.619. The lowest BCUT2D eigenvalue weighted by Gasteiger charge is -2.47. The number of carbonyl (C=O) groups excluding carboxylic acids is 2. The summed E-state index contributed by atoms with van der Waals surface area (Å²) >= 11 is 0. The molecule has 1 N–H and O–H groups in total. The summed E-state index contributed by atoms with van der Waals surface area (Å²) < 4.78 is 6.00. The van der Waals surface area contributed by atoms with Gasteiger partial charge in [0.1, 0.15) is 6.61 Å². The lowest BCUT2D eigenvalue weighted by Crippen LogP contribution is -2.58. The number of morpholine rings is 1. The average Bonchev–Trinajstić information content (AvgIpc) is 2.70. The van der Waals surface area contributed by atoms with E-state index in [1.807, 2.05) is 35.2 Å². The Morgan fingerprint density at radius 3 is 2.50 bits per heavy atom. The van der Waals surface area contributed by atoms with Crippen molar-refractivity contribution >= 4 is 23.5 Å². The number of benzene rings is 1. The number of nitrogens with zero attached hydrogens (tertiary/aromatic N) is 2. The topological polar surface area (TPSA) is 87.2 Å². The highest BCUT2D eigenvalue weighted by Crippen LogP contribution is 2.35. The molecule has 7 nitrogen and oxygen atoms in total. The first-order valence-corrected chi connectivity index (χ1v) is 9.88. The molecule has 2 aliphatic rings. The molecule has 3 rings (SSSR count). The predicted octanol–water partition coefficient (Wildman–Crippen LogP) is 2.30. The minimum absolute atomic E-state index is 0.0236. The van der Waals surface area contributed by atoms with E-state index in [4.69, 9.17) is 9.84 Å². The number of piperidine rings is 1. The Labute approximate surface area is 165 Å². The Balaban J connectivity index is 1.56. The highest BCUT2D eigenvalue weighted by Gasteiger charge is 2.44. The van der Waals surface area contributed by atoms with Crippen LogP contribution < -0.4 is 4.90 Å². The summed E-state index contributed by atoms with van der Waals surface area (Å²) in [6, 6.07) is 9.63. The van der Waals surface area contributed by atoms with E-state index in [2.05, 4.69) is 6.92 Å². The first kappa shape index (κ1) is 20.3. The van der Waals surface area contributed by atoms with Crippen LogP contribution in [-0.4, -0.2) is 59.6 Å². The number of ether oxygens (including phenoxy) is 1. The maximum Gasteiger partial charge on any atom is 0.303 e. The standard InChI is InChI=1S/C21H28N2O5/c1-21(15-23(19(25)14-28-21)17-6-3-2-4-7-17)16-10-12-22(13-11-16)18(24)8-5-9-20(26)27/h2-4,6-7,16H,5,8-15H2,1H3,(H,26,27)/t21-/m1/s1. The lowest BCUT2D eigenvalue weighted by atomic mass is 9.80. The van der Waals surface area contributed by atoms with Gasteiger partial charge in [0.05, 0.1) is 12.1 Å². The summed E-state index contributed by atoms with van der Waals surface area (Å²) in [5, 5.41) is 8.70. The number of para-hydroxylation sites is 1. The van der Waals surface area contributed by atoms with Crippen molar-refractivity contribution in [3.05, 3.63) is 30.3 Å². The van der Waals surface area contributed by atoms with Gasteiger partial charge in [-0.25, -0.2) is 0 Å². The van der Waals surface area contributed by atoms with Crippen LogP contribution in [0.5, 0.6) is 0 Å². The van der Waals surface area contributed by atoms with E-state index in [9.17, 15) is 14.4 Å². The van der Waals surface area contributed by atoms with Crippen molar-refractivity contribution in [2.45, 2.75) is 44.6 Å². The van der Waals surface area contributed by atoms with Crippen molar-refractivity contribution in [1.82, 2.24) is 4.90 Å². The second kappa shape index (κ2) is 8.73. The SMILES string of the molecule is C[C@]1(C2CCN(C(=O)CCCC(=O)O)CC2)CN(c2ccccc2)C(=O)CO1. The molecule has 0 aliphatic carbocycles. The van der Waals surface area contributed by atoms with E-state index in [0.29, 0.717) is 26.1 Å². The van der Waals surface area contributed by atoms with Crippen LogP contribution in [0.25, 0.3) is 0 Å². The zero-order chi connectivity index (χ0) is 20.1. The van der Waals surface area contributed by atoms with Gasteiger partial charge in [-0.15, -0.1) is 0 Å². The van der Waals surface area contributed by atoms with Gasteiger partial charge in [0.15, 0.2) is 0 Å². The summed E-state index contributed by atoms with van der Waals surface area (Å²) in [5.41, 5.74) is 0.440. The van der Waals surface area contributed by atoms with Gasteiger partial charge in [-0.1, -0.05) is 18.2 Å². The minimum Gasteiger partial charge on any atom is -0.481 e. The number of amides is 2. The number of hydrogen-bond donors (Lipinski definition) is 1. The molecule has 2 amide bonds. The largest absolute Gasteiger partial charge is 0.481 e. The molecule has 2 heterocycles. The zero-order valence-electron chi connectivity index (χ0n) is 16.3. The molecular formula is C21H28N2O5. The van der Waals surface area contributed by atoms with Crippen LogP contribution in [0.1, 0.15) is 39.0 Å². The van der Waals surface area contributed by atoms with Gasteiger partial charge < -0.3 is 19.6 Å². The fourth-order valence-corrected chi connectivity index (χ4v) is 4.13. The number of carbonyl (C=O) groups is 3. The van der Waals surface area contributed by atoms with Crippen molar-refractivity contribution in [2.24, 2.45) is 5.92 Å². The van der Waals surface area contributed by atoms with Crippen LogP contribution in [0.4, 0.5) is 5.69 Å². The molecule has 1 aromatic carbocycles. The third-order valence-electron chi connectivity index (χ3n) is 5.86. The molecule has 0 radical (unpaired) electrons. The number of rotatable bonds is 6. The van der Waals surface area contributed by atoms with Crippen LogP contribution in [0.2, 0.25) is 0 Å². The van der Waals surface area contributed by atoms with Crippen LogP contribution in [0.3, 0.4) is 0 Å². The van der Waals surface area contributed by atoms with Crippen LogP contribution >= 0.6 is 0 Å². The Bertz CT molecular complexity index is 715. The summed E-state index contributed by atoms with van der Waals surface area (Å²) in [6.45, 7) is 3.93. The number of hydrogen-bond acceptors (Lipinski definition) is 4. The van der Waals surface area contributed by atoms with Gasteiger partial charge in [-0.05, 0) is 44.2 Å². The Morgan fingerprint density at radius 2 is 1.86 bits per heavy atom. The normalized spacial score (nSPS) is 23.7. The highest BCUT2D eigenvalue weighted by molar-refractivity contribution is 5.95. The number of aliphatic carboxylic acids is 1. The van der Waals surface area contributed by atoms with E-state index >= 15 is 0 Å². The van der Waals surface area contributed by atoms with Crippen molar-refractivity contribution in [3.8, 4) is 0 Å². The molecule has 7 heteroatoms. The van der Waals surface area contributed by atoms with Crippen molar-refractivity contribution in [3.63, 3.8) is 0 Å². The van der Waals surface area contributed by atoms with E-state index < -0.39 is 11.6 Å². The molecule has 0 saturated carbocycles. The van der Waals surface area contributed by atoms with Crippen molar-refractivity contribution < 1.29 is 24.2 Å². The molecular weight excluding hydrogens is 360 g/mol. The zero-order valence-corrected chi connectivity index (χ0v) is 16.3. The van der Waals surface area contributed by atoms with Crippen molar-refractivity contribution in [2.75, 3.05) is 31.1 Å². The van der Waals surface area contributed by atoms with Crippen LogP contribution in [0, 0.1) is 5.92 Å². The molecule has 0 bridgehead atoms.